The van der Waals surface area contributed by atoms with Crippen LogP contribution in [-0.4, -0.2) is 0 Å². The first-order valence-electron chi connectivity index (χ1n) is 0.200. The maximum atomic E-state index is 6.00. The first-order chi connectivity index (χ1) is 1.00. The standard InChI is InChI=1S/N2.5H2N.Os/c1-2;;;;;;/h;5*1H2;/q;5*-1;+5. The number of hydrogen-bond donors (Lipinski definition) is 0. The summed E-state index contributed by atoms with van der Waals surface area (Å²) in [7, 11) is 0. The van der Waals surface area contributed by atoms with Crippen LogP contribution < -0.4 is 0 Å². The maximum absolute atomic E-state index is 6.00. The summed E-state index contributed by atoms with van der Waals surface area (Å²) in [5.41, 5.74) is 0. The quantitative estimate of drug-likeness (QED) is 0.612. The van der Waals surface area contributed by atoms with Crippen LogP contribution in [-0.2, 0) is 19.8 Å². The SMILES string of the molecule is N#N.[NH2-].[NH2-].[NH2-].[NH2-].[NH2-].[Os+5]. The Morgan fingerprint density at radius 1 is 0.500 bits per heavy atom. The minimum Gasteiger partial charge on any atom is -0.693 e. The van der Waals surface area contributed by atoms with E-state index >= 15 is 0 Å². The largest absolute Gasteiger partial charge is 5.00 e. The molecule has 0 fully saturated rings. The Labute approximate surface area is 62.0 Å². The monoisotopic (exact) mass is 300 g/mol. The van der Waals surface area contributed by atoms with Gasteiger partial charge in [-0.25, -0.2) is 0 Å². The summed E-state index contributed by atoms with van der Waals surface area (Å²) >= 11 is 0. The van der Waals surface area contributed by atoms with Crippen LogP contribution in [0.15, 0.2) is 0 Å². The van der Waals surface area contributed by atoms with E-state index in [1.165, 1.54) is 0 Å². The Hall–Kier alpha value is -0.144. The predicted octanol–water partition coefficient (Wildman–Crippen LogP) is 3.61. The second kappa shape index (κ2) is 11400. The third-order valence-electron chi connectivity index (χ3n) is 0. The summed E-state index contributed by atoms with van der Waals surface area (Å²) in [4.78, 5) is 0. The molecule has 10 N–H and O–H groups in total. The van der Waals surface area contributed by atoms with Gasteiger partial charge in [0.1, 0.15) is 0 Å². The predicted molar refractivity (Wildman–Crippen MR) is 29.9 cm³/mol. The molecule has 8 heavy (non-hydrogen) atoms. The molecule has 1 radical (unpaired) electrons. The van der Waals surface area contributed by atoms with Gasteiger partial charge >= 0.3 is 19.8 Å². The van der Waals surface area contributed by atoms with Crippen molar-refractivity contribution in [1.29, 1.82) is 10.8 Å². The molecular weight excluding hydrogens is 288 g/mol. The van der Waals surface area contributed by atoms with Gasteiger partial charge in [0.25, 0.3) is 0 Å². The molecule has 0 aliphatic rings. The summed E-state index contributed by atoms with van der Waals surface area (Å²) in [5, 5.41) is 12.0. The zero-order chi connectivity index (χ0) is 2.00. The van der Waals surface area contributed by atoms with Crippen LogP contribution in [0, 0.1) is 10.8 Å². The van der Waals surface area contributed by atoms with E-state index in [4.69, 9.17) is 10.8 Å². The molecule has 53 valence electrons. The second-order valence-corrected chi connectivity index (χ2v) is 0. The summed E-state index contributed by atoms with van der Waals surface area (Å²) in [5.74, 6) is 0. The topological polar surface area (TPSA) is 215 Å². The molecule has 0 amide bonds. The Kier molecular flexibility index (Phi) is 718000. The van der Waals surface area contributed by atoms with Gasteiger partial charge in [-0.05, 0) is 0 Å². The van der Waals surface area contributed by atoms with Crippen LogP contribution in [0.2, 0.25) is 0 Å². The van der Waals surface area contributed by atoms with Crippen molar-refractivity contribution in [3.63, 3.8) is 0 Å². The third-order valence-corrected chi connectivity index (χ3v) is 0. The van der Waals surface area contributed by atoms with E-state index < -0.39 is 0 Å². The molecule has 0 aromatic rings. The molecule has 0 aliphatic heterocycles. The molecule has 0 spiro atoms. The van der Waals surface area contributed by atoms with E-state index in [0.717, 1.165) is 0 Å². The summed E-state index contributed by atoms with van der Waals surface area (Å²) in [6.45, 7) is 0. The first kappa shape index (κ1) is 504. The molecular formula is H10N7Os. The minimum absolute atomic E-state index is 0. The van der Waals surface area contributed by atoms with Gasteiger partial charge in [-0.3, -0.25) is 0 Å². The minimum atomic E-state index is 0. The van der Waals surface area contributed by atoms with E-state index in [9.17, 15) is 0 Å². The molecule has 0 unspecified atom stereocenters. The zero-order valence-corrected chi connectivity index (χ0v) is 6.68. The molecule has 0 atom stereocenters. The molecule has 0 aromatic carbocycles. The van der Waals surface area contributed by atoms with Crippen molar-refractivity contribution in [2.45, 2.75) is 0 Å². The maximum Gasteiger partial charge on any atom is 5.00 e. The van der Waals surface area contributed by atoms with E-state index in [-0.39, 0.29) is 50.5 Å². The number of nitrogens with two attached hydrogens (primary N) is 5. The van der Waals surface area contributed by atoms with E-state index in [2.05, 4.69) is 0 Å². The van der Waals surface area contributed by atoms with E-state index in [0.29, 0.717) is 0 Å². The van der Waals surface area contributed by atoms with Gasteiger partial charge in [0, 0.05) is 10.8 Å². The fourth-order valence-corrected chi connectivity index (χ4v) is 0. The average molecular weight is 298 g/mol. The second-order valence-electron chi connectivity index (χ2n) is 0. The zero-order valence-electron chi connectivity index (χ0n) is 4.13. The van der Waals surface area contributed by atoms with Gasteiger partial charge in [-0.1, -0.05) is 0 Å². The number of rotatable bonds is 0. The van der Waals surface area contributed by atoms with Crippen LogP contribution in [0.3, 0.4) is 0 Å². The van der Waals surface area contributed by atoms with Crippen molar-refractivity contribution in [3.05, 3.63) is 30.8 Å². The van der Waals surface area contributed by atoms with Crippen molar-refractivity contribution in [1.82, 2.24) is 0 Å². The van der Waals surface area contributed by atoms with Crippen molar-refractivity contribution < 1.29 is 19.8 Å². The van der Waals surface area contributed by atoms with E-state index in [1.54, 1.807) is 0 Å². The van der Waals surface area contributed by atoms with E-state index in [1.807, 2.05) is 0 Å². The van der Waals surface area contributed by atoms with Crippen LogP contribution in [0.25, 0.3) is 30.8 Å². The number of hydrogen-bond acceptors (Lipinski definition) is 2. The summed E-state index contributed by atoms with van der Waals surface area (Å²) < 4.78 is 0. The first-order valence-corrected chi connectivity index (χ1v) is 0.200. The normalized spacial score (nSPS) is 0.250. The van der Waals surface area contributed by atoms with Gasteiger partial charge in [0.05, 0.1) is 0 Å². The van der Waals surface area contributed by atoms with Gasteiger partial charge in [-0.15, -0.1) is 0 Å². The summed E-state index contributed by atoms with van der Waals surface area (Å²) in [6.07, 6.45) is 0. The van der Waals surface area contributed by atoms with Crippen LogP contribution in [0.1, 0.15) is 0 Å². The van der Waals surface area contributed by atoms with Gasteiger partial charge < -0.3 is 30.8 Å². The molecule has 0 rings (SSSR count). The third kappa shape index (κ3) is 6690. The molecule has 0 bridgehead atoms. The van der Waals surface area contributed by atoms with Crippen molar-refractivity contribution >= 4 is 0 Å². The molecule has 0 aromatic heterocycles. The van der Waals surface area contributed by atoms with Crippen LogP contribution >= 0.6 is 0 Å². The Bertz CT molecular complexity index is 9.10. The van der Waals surface area contributed by atoms with Crippen molar-refractivity contribution in [2.75, 3.05) is 0 Å². The molecule has 8 heteroatoms. The van der Waals surface area contributed by atoms with Crippen LogP contribution in [0.4, 0.5) is 0 Å². The van der Waals surface area contributed by atoms with Crippen molar-refractivity contribution in [3.8, 4) is 0 Å². The molecule has 0 aliphatic carbocycles. The molecule has 0 saturated heterocycles. The van der Waals surface area contributed by atoms with Gasteiger partial charge in [0.15, 0.2) is 0 Å². The molecule has 7 nitrogen and oxygen atoms in total. The fourth-order valence-electron chi connectivity index (χ4n) is 0. The molecule has 0 heterocycles. The number of nitrogens with zero attached hydrogens (tertiary/aromatic N) is 2. The fraction of sp³-hybridized carbons (Fsp3) is 0. The van der Waals surface area contributed by atoms with Crippen molar-refractivity contribution in [2.24, 2.45) is 0 Å². The van der Waals surface area contributed by atoms with Gasteiger partial charge in [0.2, 0.25) is 0 Å². The van der Waals surface area contributed by atoms with Gasteiger partial charge in [-0.2, -0.15) is 0 Å². The Morgan fingerprint density at radius 3 is 0.500 bits per heavy atom. The smallest absolute Gasteiger partial charge is 0.693 e. The Balaban J connectivity index is -0.000000000333. The average Bonchev–Trinajstić information content (AvgIpc) is 1.00. The molecule has 0 saturated carbocycles. The summed E-state index contributed by atoms with van der Waals surface area (Å²) in [6, 6.07) is 0. The Morgan fingerprint density at radius 2 is 0.500 bits per heavy atom. The van der Waals surface area contributed by atoms with Crippen LogP contribution in [0.5, 0.6) is 0 Å².